The highest BCUT2D eigenvalue weighted by atomic mass is 16.5. The van der Waals surface area contributed by atoms with Crippen LogP contribution in [-0.4, -0.2) is 36.6 Å². The van der Waals surface area contributed by atoms with Gasteiger partial charge in [-0.05, 0) is 31.2 Å². The number of hydrogen-bond acceptors (Lipinski definition) is 6. The predicted octanol–water partition coefficient (Wildman–Crippen LogP) is -0.217. The molecule has 5 amide bonds. The van der Waals surface area contributed by atoms with Crippen molar-refractivity contribution < 1.29 is 23.9 Å². The zero-order valence-corrected chi connectivity index (χ0v) is 12.4. The number of nitrogens with one attached hydrogen (secondary N) is 3. The third-order valence-electron chi connectivity index (χ3n) is 3.10. The van der Waals surface area contributed by atoms with Gasteiger partial charge in [-0.1, -0.05) is 0 Å². The Bertz CT molecular complexity index is 676. The topological polar surface area (TPSA) is 126 Å². The molecule has 1 aliphatic rings. The fourth-order valence-electron chi connectivity index (χ4n) is 1.91. The maximum atomic E-state index is 11.9. The highest BCUT2D eigenvalue weighted by Crippen LogP contribution is 2.11. The molecule has 9 nitrogen and oxygen atoms in total. The molecule has 1 aromatic carbocycles. The van der Waals surface area contributed by atoms with Gasteiger partial charge in [-0.15, -0.1) is 0 Å². The van der Waals surface area contributed by atoms with Gasteiger partial charge in [0.1, 0.15) is 5.75 Å². The Balaban J connectivity index is 2.06. The molecule has 3 N–H and O–H groups in total. The number of rotatable bonds is 4. The van der Waals surface area contributed by atoms with E-state index < -0.39 is 29.7 Å². The summed E-state index contributed by atoms with van der Waals surface area (Å²) < 4.78 is 4.98. The van der Waals surface area contributed by atoms with Crippen LogP contribution in [0.1, 0.15) is 17.3 Å². The molecule has 0 atom stereocenters. The predicted molar refractivity (Wildman–Crippen MR) is 78.7 cm³/mol. The van der Waals surface area contributed by atoms with Crippen molar-refractivity contribution in [3.8, 4) is 5.75 Å². The van der Waals surface area contributed by atoms with Gasteiger partial charge < -0.3 is 4.74 Å². The molecule has 1 aliphatic heterocycles. The molecule has 0 bridgehead atoms. The van der Waals surface area contributed by atoms with Crippen molar-refractivity contribution in [1.29, 1.82) is 0 Å². The van der Waals surface area contributed by atoms with E-state index >= 15 is 0 Å². The van der Waals surface area contributed by atoms with Crippen LogP contribution in [0.2, 0.25) is 0 Å². The van der Waals surface area contributed by atoms with Crippen LogP contribution in [0.3, 0.4) is 0 Å². The van der Waals surface area contributed by atoms with E-state index in [1.165, 1.54) is 26.2 Å². The Labute approximate surface area is 131 Å². The second-order valence-electron chi connectivity index (χ2n) is 4.66. The Kier molecular flexibility index (Phi) is 4.69. The maximum Gasteiger partial charge on any atom is 0.328 e. The van der Waals surface area contributed by atoms with Gasteiger partial charge in [0.15, 0.2) is 5.92 Å². The second-order valence-corrected chi connectivity index (χ2v) is 4.66. The average molecular weight is 318 g/mol. The largest absolute Gasteiger partial charge is 0.497 e. The van der Waals surface area contributed by atoms with Crippen LogP contribution < -0.4 is 20.8 Å². The summed E-state index contributed by atoms with van der Waals surface area (Å²) in [6, 6.07) is 5.42. The first kappa shape index (κ1) is 16.1. The van der Waals surface area contributed by atoms with Gasteiger partial charge in [-0.25, -0.2) is 10.2 Å². The van der Waals surface area contributed by atoms with E-state index in [0.717, 1.165) is 0 Å². The smallest absolute Gasteiger partial charge is 0.328 e. The van der Waals surface area contributed by atoms with Gasteiger partial charge in [-0.3, -0.25) is 25.0 Å². The number of hydrogen-bond donors (Lipinski definition) is 3. The molecular formula is C14H14N4O5. The fourth-order valence-corrected chi connectivity index (χ4v) is 1.91. The Hall–Kier alpha value is -3.23. The molecule has 0 aliphatic carbocycles. The summed E-state index contributed by atoms with van der Waals surface area (Å²) in [5, 5.41) is 7.66. The lowest BCUT2D eigenvalue weighted by Crippen LogP contribution is -2.57. The summed E-state index contributed by atoms with van der Waals surface area (Å²) in [6.07, 6.45) is 0. The standard InChI is InChI=1S/C14H14N4O5/c1-7(10-12(20)15-14(22)16-13(10)21)17-18-11(19)8-3-5-9(23-2)6-4-8/h3-6,10H,1-2H3,(H,18,19)(H2,15,16,20,21,22)/b17-7+. The summed E-state index contributed by atoms with van der Waals surface area (Å²) in [4.78, 5) is 46.2. The first-order valence-electron chi connectivity index (χ1n) is 6.56. The van der Waals surface area contributed by atoms with E-state index in [0.29, 0.717) is 11.3 Å². The maximum absolute atomic E-state index is 11.9. The molecule has 9 heteroatoms. The number of barbiturate groups is 1. The molecule has 0 saturated carbocycles. The van der Waals surface area contributed by atoms with Crippen LogP contribution in [0.25, 0.3) is 0 Å². The molecule has 0 spiro atoms. The van der Waals surface area contributed by atoms with Crippen LogP contribution >= 0.6 is 0 Å². The van der Waals surface area contributed by atoms with Crippen LogP contribution in [0.4, 0.5) is 4.79 Å². The highest BCUT2D eigenvalue weighted by Gasteiger charge is 2.36. The zero-order chi connectivity index (χ0) is 17.0. The average Bonchev–Trinajstić information content (AvgIpc) is 2.51. The van der Waals surface area contributed by atoms with Gasteiger partial charge in [0, 0.05) is 5.56 Å². The molecule has 1 heterocycles. The normalized spacial score (nSPS) is 15.7. The van der Waals surface area contributed by atoms with Gasteiger partial charge >= 0.3 is 6.03 Å². The minimum absolute atomic E-state index is 0.0503. The third-order valence-corrected chi connectivity index (χ3v) is 3.10. The van der Waals surface area contributed by atoms with Crippen molar-refractivity contribution in [2.75, 3.05) is 7.11 Å². The number of benzene rings is 1. The third kappa shape index (κ3) is 3.70. The van der Waals surface area contributed by atoms with Gasteiger partial charge in [0.25, 0.3) is 5.91 Å². The molecular weight excluding hydrogens is 304 g/mol. The van der Waals surface area contributed by atoms with Gasteiger partial charge in [0.2, 0.25) is 11.8 Å². The quantitative estimate of drug-likeness (QED) is 0.402. The minimum Gasteiger partial charge on any atom is -0.497 e. The van der Waals surface area contributed by atoms with E-state index in [4.69, 9.17) is 4.74 Å². The van der Waals surface area contributed by atoms with Gasteiger partial charge in [-0.2, -0.15) is 5.10 Å². The summed E-state index contributed by atoms with van der Waals surface area (Å²) in [5.74, 6) is -2.78. The summed E-state index contributed by atoms with van der Waals surface area (Å²) in [5.41, 5.74) is 2.63. The highest BCUT2D eigenvalue weighted by molar-refractivity contribution is 6.27. The summed E-state index contributed by atoms with van der Waals surface area (Å²) in [6.45, 7) is 1.40. The number of carbonyl (C=O) groups excluding carboxylic acids is 4. The number of urea groups is 1. The number of nitrogens with zero attached hydrogens (tertiary/aromatic N) is 1. The lowest BCUT2D eigenvalue weighted by Gasteiger charge is -2.20. The lowest BCUT2D eigenvalue weighted by atomic mass is 10.0. The van der Waals surface area contributed by atoms with Gasteiger partial charge in [0.05, 0.1) is 12.8 Å². The van der Waals surface area contributed by atoms with E-state index in [2.05, 4.69) is 10.5 Å². The lowest BCUT2D eigenvalue weighted by molar-refractivity contribution is -0.132. The molecule has 2 rings (SSSR count). The summed E-state index contributed by atoms with van der Waals surface area (Å²) >= 11 is 0. The van der Waals surface area contributed by atoms with Crippen molar-refractivity contribution >= 4 is 29.5 Å². The van der Waals surface area contributed by atoms with Crippen molar-refractivity contribution in [2.45, 2.75) is 6.92 Å². The number of ether oxygens (including phenoxy) is 1. The van der Waals surface area contributed by atoms with Crippen molar-refractivity contribution in [1.82, 2.24) is 16.1 Å². The van der Waals surface area contributed by atoms with Crippen molar-refractivity contribution in [3.05, 3.63) is 29.8 Å². The fraction of sp³-hybridized carbons (Fsp3) is 0.214. The van der Waals surface area contributed by atoms with Crippen LogP contribution in [0.15, 0.2) is 29.4 Å². The number of amides is 5. The number of methoxy groups -OCH3 is 1. The monoisotopic (exact) mass is 318 g/mol. The Morgan fingerprint density at radius 2 is 1.70 bits per heavy atom. The molecule has 120 valence electrons. The molecule has 1 aromatic rings. The minimum atomic E-state index is -1.27. The van der Waals surface area contributed by atoms with E-state index in [9.17, 15) is 19.2 Å². The van der Waals surface area contributed by atoms with Crippen LogP contribution in [0.5, 0.6) is 5.75 Å². The van der Waals surface area contributed by atoms with Crippen molar-refractivity contribution in [2.24, 2.45) is 11.0 Å². The number of carbonyl (C=O) groups is 4. The molecule has 0 aromatic heterocycles. The molecule has 1 saturated heterocycles. The first-order chi connectivity index (χ1) is 10.9. The van der Waals surface area contributed by atoms with E-state index in [1.807, 2.05) is 10.6 Å². The molecule has 0 unspecified atom stereocenters. The Morgan fingerprint density at radius 3 is 2.22 bits per heavy atom. The second kappa shape index (κ2) is 6.69. The van der Waals surface area contributed by atoms with Crippen LogP contribution in [0, 0.1) is 5.92 Å². The molecule has 1 fully saturated rings. The SMILES string of the molecule is COc1ccc(C(=O)N/N=C(\C)C2C(=O)NC(=O)NC2=O)cc1. The van der Waals surface area contributed by atoms with E-state index in [-0.39, 0.29) is 5.71 Å². The van der Waals surface area contributed by atoms with Crippen LogP contribution in [-0.2, 0) is 9.59 Å². The molecule has 23 heavy (non-hydrogen) atoms. The zero-order valence-electron chi connectivity index (χ0n) is 12.4. The number of hydrazone groups is 1. The molecule has 0 radical (unpaired) electrons. The summed E-state index contributed by atoms with van der Waals surface area (Å²) in [7, 11) is 1.51. The van der Waals surface area contributed by atoms with Crippen molar-refractivity contribution in [3.63, 3.8) is 0 Å². The Morgan fingerprint density at radius 1 is 1.13 bits per heavy atom. The first-order valence-corrected chi connectivity index (χ1v) is 6.56. The number of imide groups is 2. The van der Waals surface area contributed by atoms with E-state index in [1.54, 1.807) is 12.1 Å².